The van der Waals surface area contributed by atoms with E-state index in [4.69, 9.17) is 10.8 Å². The fourth-order valence-corrected chi connectivity index (χ4v) is 3.19. The summed E-state index contributed by atoms with van der Waals surface area (Å²) in [7, 11) is 4.14. The molecule has 0 saturated heterocycles. The maximum atomic E-state index is 14.2. The van der Waals surface area contributed by atoms with Crippen LogP contribution in [-0.2, 0) is 6.54 Å². The SMILES string of the molecule is CN(C)CCCn1nc2cc(-c3ccccc3F)ccc2c1NCCCN. The van der Waals surface area contributed by atoms with Gasteiger partial charge in [-0.1, -0.05) is 24.3 Å². The Morgan fingerprint density at radius 1 is 1.15 bits per heavy atom. The number of nitrogens with zero attached hydrogens (tertiary/aromatic N) is 3. The second-order valence-electron chi connectivity index (χ2n) is 7.01. The largest absolute Gasteiger partial charge is 0.370 e. The Kier molecular flexibility index (Phi) is 6.42. The lowest BCUT2D eigenvalue weighted by atomic mass is 10.0. The van der Waals surface area contributed by atoms with Crippen LogP contribution in [0.1, 0.15) is 12.8 Å². The minimum absolute atomic E-state index is 0.219. The number of nitrogens with one attached hydrogen (secondary N) is 1. The van der Waals surface area contributed by atoms with Gasteiger partial charge in [0.05, 0.1) is 5.52 Å². The van der Waals surface area contributed by atoms with Crippen molar-refractivity contribution in [2.45, 2.75) is 19.4 Å². The lowest BCUT2D eigenvalue weighted by molar-refractivity contribution is 0.382. The Balaban J connectivity index is 1.94. The molecule has 0 unspecified atom stereocenters. The average molecular weight is 369 g/mol. The van der Waals surface area contributed by atoms with E-state index in [1.807, 2.05) is 28.9 Å². The first-order chi connectivity index (χ1) is 13.1. The van der Waals surface area contributed by atoms with Gasteiger partial charge in [-0.15, -0.1) is 0 Å². The summed E-state index contributed by atoms with van der Waals surface area (Å²) in [6.45, 7) is 3.28. The van der Waals surface area contributed by atoms with Gasteiger partial charge in [0.1, 0.15) is 11.6 Å². The van der Waals surface area contributed by atoms with Crippen molar-refractivity contribution in [1.82, 2.24) is 14.7 Å². The summed E-state index contributed by atoms with van der Waals surface area (Å²) in [6.07, 6.45) is 1.91. The summed E-state index contributed by atoms with van der Waals surface area (Å²) < 4.78 is 16.2. The number of hydrogen-bond acceptors (Lipinski definition) is 4. The number of anilines is 1. The van der Waals surface area contributed by atoms with E-state index in [0.29, 0.717) is 12.1 Å². The Bertz CT molecular complexity index is 887. The first kappa shape index (κ1) is 19.3. The van der Waals surface area contributed by atoms with Crippen molar-refractivity contribution >= 4 is 16.7 Å². The molecule has 3 N–H and O–H groups in total. The molecule has 6 heteroatoms. The molecule has 1 heterocycles. The molecule has 5 nitrogen and oxygen atoms in total. The van der Waals surface area contributed by atoms with E-state index in [2.05, 4.69) is 24.3 Å². The highest BCUT2D eigenvalue weighted by Crippen LogP contribution is 2.30. The van der Waals surface area contributed by atoms with Crippen LogP contribution in [0.3, 0.4) is 0 Å². The van der Waals surface area contributed by atoms with Gasteiger partial charge in [0.25, 0.3) is 0 Å². The van der Waals surface area contributed by atoms with Crippen molar-refractivity contribution in [3.05, 3.63) is 48.3 Å². The molecule has 0 aliphatic rings. The van der Waals surface area contributed by atoms with Crippen molar-refractivity contribution in [1.29, 1.82) is 0 Å². The molecule has 0 atom stereocenters. The third kappa shape index (κ3) is 4.64. The zero-order valence-corrected chi connectivity index (χ0v) is 16.1. The quantitative estimate of drug-likeness (QED) is 0.566. The molecular formula is C21H28FN5. The predicted molar refractivity (Wildman–Crippen MR) is 110 cm³/mol. The molecule has 0 fully saturated rings. The van der Waals surface area contributed by atoms with Gasteiger partial charge >= 0.3 is 0 Å². The molecule has 27 heavy (non-hydrogen) atoms. The van der Waals surface area contributed by atoms with Gasteiger partial charge in [0.2, 0.25) is 0 Å². The fraction of sp³-hybridized carbons (Fsp3) is 0.381. The molecule has 0 aliphatic carbocycles. The fourth-order valence-electron chi connectivity index (χ4n) is 3.19. The van der Waals surface area contributed by atoms with Crippen molar-refractivity contribution in [3.8, 4) is 11.1 Å². The molecule has 0 spiro atoms. The molecule has 0 radical (unpaired) electrons. The summed E-state index contributed by atoms with van der Waals surface area (Å²) in [4.78, 5) is 2.17. The molecule has 1 aromatic heterocycles. The number of nitrogens with two attached hydrogens (primary N) is 1. The second kappa shape index (κ2) is 8.97. The summed E-state index contributed by atoms with van der Waals surface area (Å²) >= 11 is 0. The number of aromatic nitrogens is 2. The highest BCUT2D eigenvalue weighted by atomic mass is 19.1. The number of aryl methyl sites for hydroxylation is 1. The molecule has 144 valence electrons. The van der Waals surface area contributed by atoms with Gasteiger partial charge in [-0.05, 0) is 63.8 Å². The van der Waals surface area contributed by atoms with Crippen molar-refractivity contribution < 1.29 is 4.39 Å². The molecule has 3 aromatic rings. The number of fused-ring (bicyclic) bond motifs is 1. The molecule has 3 rings (SSSR count). The van der Waals surface area contributed by atoms with Crippen LogP contribution in [0.15, 0.2) is 42.5 Å². The van der Waals surface area contributed by atoms with Crippen LogP contribution in [0, 0.1) is 5.82 Å². The average Bonchev–Trinajstić information content (AvgIpc) is 2.99. The van der Waals surface area contributed by atoms with Crippen molar-refractivity contribution in [3.63, 3.8) is 0 Å². The van der Waals surface area contributed by atoms with Crippen LogP contribution >= 0.6 is 0 Å². The molecule has 0 saturated carbocycles. The van der Waals surface area contributed by atoms with Crippen LogP contribution in [-0.4, -0.2) is 48.4 Å². The highest BCUT2D eigenvalue weighted by molar-refractivity contribution is 5.93. The molecule has 0 bridgehead atoms. The van der Waals surface area contributed by atoms with Crippen molar-refractivity contribution in [2.24, 2.45) is 5.73 Å². The molecule has 0 amide bonds. The van der Waals surface area contributed by atoms with Gasteiger partial charge in [0.15, 0.2) is 0 Å². The van der Waals surface area contributed by atoms with E-state index in [-0.39, 0.29) is 5.82 Å². The van der Waals surface area contributed by atoms with Gasteiger partial charge in [-0.3, -0.25) is 0 Å². The van der Waals surface area contributed by atoms with Gasteiger partial charge in [0, 0.05) is 24.0 Å². The highest BCUT2D eigenvalue weighted by Gasteiger charge is 2.13. The third-order valence-corrected chi connectivity index (χ3v) is 4.57. The topological polar surface area (TPSA) is 59.1 Å². The van der Waals surface area contributed by atoms with Crippen LogP contribution in [0.5, 0.6) is 0 Å². The van der Waals surface area contributed by atoms with Crippen LogP contribution < -0.4 is 11.1 Å². The summed E-state index contributed by atoms with van der Waals surface area (Å²) in [5.74, 6) is 0.792. The maximum Gasteiger partial charge on any atom is 0.132 e. The second-order valence-corrected chi connectivity index (χ2v) is 7.01. The minimum atomic E-state index is -0.219. The summed E-state index contributed by atoms with van der Waals surface area (Å²) in [5, 5.41) is 9.32. The lowest BCUT2D eigenvalue weighted by Gasteiger charge is -2.12. The van der Waals surface area contributed by atoms with E-state index in [1.54, 1.807) is 12.1 Å². The minimum Gasteiger partial charge on any atom is -0.370 e. The summed E-state index contributed by atoms with van der Waals surface area (Å²) in [5.41, 5.74) is 7.93. The van der Waals surface area contributed by atoms with Crippen LogP contribution in [0.2, 0.25) is 0 Å². The predicted octanol–water partition coefficient (Wildman–Crippen LogP) is 3.55. The lowest BCUT2D eigenvalue weighted by Crippen LogP contribution is -2.17. The van der Waals surface area contributed by atoms with Gasteiger partial charge < -0.3 is 16.0 Å². The Morgan fingerprint density at radius 3 is 2.70 bits per heavy atom. The number of hydrogen-bond donors (Lipinski definition) is 2. The van der Waals surface area contributed by atoms with E-state index in [1.165, 1.54) is 6.07 Å². The van der Waals surface area contributed by atoms with E-state index in [0.717, 1.165) is 54.8 Å². The first-order valence-corrected chi connectivity index (χ1v) is 9.44. The molecule has 2 aromatic carbocycles. The zero-order chi connectivity index (χ0) is 19.2. The monoisotopic (exact) mass is 369 g/mol. The zero-order valence-electron chi connectivity index (χ0n) is 16.1. The van der Waals surface area contributed by atoms with E-state index < -0.39 is 0 Å². The number of halogens is 1. The van der Waals surface area contributed by atoms with Crippen LogP contribution in [0.25, 0.3) is 22.0 Å². The number of benzene rings is 2. The first-order valence-electron chi connectivity index (χ1n) is 9.44. The standard InChI is InChI=1S/C21H28FN5/c1-26(2)13-6-14-27-21(24-12-5-11-23)18-10-9-16(15-20(18)25-27)17-7-3-4-8-19(17)22/h3-4,7-10,15,24H,5-6,11-14,23H2,1-2H3. The van der Waals surface area contributed by atoms with Crippen LogP contribution in [0.4, 0.5) is 10.2 Å². The molecule has 0 aliphatic heterocycles. The maximum absolute atomic E-state index is 14.2. The van der Waals surface area contributed by atoms with Gasteiger partial charge in [-0.2, -0.15) is 5.10 Å². The van der Waals surface area contributed by atoms with Crippen molar-refractivity contribution in [2.75, 3.05) is 39.0 Å². The van der Waals surface area contributed by atoms with E-state index in [9.17, 15) is 4.39 Å². The Labute approximate surface area is 160 Å². The third-order valence-electron chi connectivity index (χ3n) is 4.57. The smallest absolute Gasteiger partial charge is 0.132 e. The summed E-state index contributed by atoms with van der Waals surface area (Å²) in [6, 6.07) is 12.8. The Hall–Kier alpha value is -2.44. The van der Waals surface area contributed by atoms with Gasteiger partial charge in [-0.25, -0.2) is 9.07 Å². The molecular weight excluding hydrogens is 341 g/mol. The Morgan fingerprint density at radius 2 is 1.96 bits per heavy atom. The van der Waals surface area contributed by atoms with E-state index >= 15 is 0 Å². The normalized spacial score (nSPS) is 11.4. The number of rotatable bonds is 9.